The molecule has 0 saturated heterocycles. The molecule has 3 rings (SSSR count). The highest BCUT2D eigenvalue weighted by molar-refractivity contribution is 5.84. The maximum Gasteiger partial charge on any atom is 0.183 e. The molecule has 0 radical (unpaired) electrons. The Kier molecular flexibility index (Phi) is 2.22. The Morgan fingerprint density at radius 1 is 1.28 bits per heavy atom. The van der Waals surface area contributed by atoms with Crippen molar-refractivity contribution in [2.45, 2.75) is 6.92 Å². The lowest BCUT2D eigenvalue weighted by atomic mass is 10.1. The Balaban J connectivity index is 2.19. The van der Waals surface area contributed by atoms with Crippen LogP contribution in [0.3, 0.4) is 0 Å². The number of H-pyrrole nitrogens is 1. The number of halogens is 1. The van der Waals surface area contributed by atoms with E-state index in [4.69, 9.17) is 5.73 Å². The number of anilines is 1. The van der Waals surface area contributed by atoms with Crippen LogP contribution in [0.4, 0.5) is 10.2 Å². The van der Waals surface area contributed by atoms with Crippen molar-refractivity contribution >= 4 is 17.0 Å². The Labute approximate surface area is 102 Å². The lowest BCUT2D eigenvalue weighted by Crippen LogP contribution is -1.91. The number of fused-ring (bicyclic) bond motifs is 1. The quantitative estimate of drug-likeness (QED) is 0.685. The Bertz CT molecular complexity index is 734. The molecule has 0 aliphatic carbocycles. The molecule has 6 heteroatoms. The summed E-state index contributed by atoms with van der Waals surface area (Å²) < 4.78 is 13.2. The molecule has 0 bridgehead atoms. The first-order valence-corrected chi connectivity index (χ1v) is 5.38. The summed E-state index contributed by atoms with van der Waals surface area (Å²) in [5.74, 6) is 0.701. The number of aryl methyl sites for hydroxylation is 1. The zero-order valence-electron chi connectivity index (χ0n) is 9.61. The molecule has 3 aromatic rings. The Hall–Kier alpha value is -2.50. The van der Waals surface area contributed by atoms with E-state index < -0.39 is 0 Å². The minimum absolute atomic E-state index is 0.242. The topological polar surface area (TPSA) is 80.5 Å². The molecule has 1 aromatic carbocycles. The van der Waals surface area contributed by atoms with Gasteiger partial charge in [-0.2, -0.15) is 0 Å². The second kappa shape index (κ2) is 3.76. The molecule has 0 aliphatic heterocycles. The number of aromatic nitrogens is 4. The summed E-state index contributed by atoms with van der Waals surface area (Å²) in [5.41, 5.74) is 8.16. The van der Waals surface area contributed by atoms with Crippen LogP contribution in [0.25, 0.3) is 22.6 Å². The van der Waals surface area contributed by atoms with Crippen molar-refractivity contribution in [1.82, 2.24) is 19.9 Å². The van der Waals surface area contributed by atoms with Gasteiger partial charge in [0.1, 0.15) is 23.5 Å². The highest BCUT2D eigenvalue weighted by Gasteiger charge is 2.10. The molecule has 5 nitrogen and oxygen atoms in total. The van der Waals surface area contributed by atoms with Crippen molar-refractivity contribution in [2.75, 3.05) is 5.73 Å². The van der Waals surface area contributed by atoms with Gasteiger partial charge in [-0.15, -0.1) is 0 Å². The van der Waals surface area contributed by atoms with Gasteiger partial charge in [0, 0.05) is 5.56 Å². The maximum absolute atomic E-state index is 13.2. The molecular formula is C12H10FN5. The number of aromatic amines is 1. The normalized spacial score (nSPS) is 11.0. The third-order valence-corrected chi connectivity index (χ3v) is 2.75. The third kappa shape index (κ3) is 1.58. The van der Waals surface area contributed by atoms with E-state index in [9.17, 15) is 4.39 Å². The van der Waals surface area contributed by atoms with Gasteiger partial charge in [0.15, 0.2) is 11.5 Å². The summed E-state index contributed by atoms with van der Waals surface area (Å²) in [7, 11) is 0. The lowest BCUT2D eigenvalue weighted by Gasteiger charge is -1.99. The maximum atomic E-state index is 13.2. The van der Waals surface area contributed by atoms with Crippen molar-refractivity contribution in [3.05, 3.63) is 35.9 Å². The molecule has 90 valence electrons. The monoisotopic (exact) mass is 243 g/mol. The number of nitrogens with two attached hydrogens (primary N) is 1. The average molecular weight is 243 g/mol. The smallest absolute Gasteiger partial charge is 0.183 e. The van der Waals surface area contributed by atoms with Crippen molar-refractivity contribution in [1.29, 1.82) is 0 Å². The minimum atomic E-state index is -0.242. The van der Waals surface area contributed by atoms with Crippen LogP contribution < -0.4 is 5.73 Å². The number of hydrogen-bond donors (Lipinski definition) is 2. The van der Waals surface area contributed by atoms with Crippen LogP contribution in [0, 0.1) is 12.7 Å². The minimum Gasteiger partial charge on any atom is -0.382 e. The second-order valence-corrected chi connectivity index (χ2v) is 4.01. The summed E-state index contributed by atoms with van der Waals surface area (Å²) in [4.78, 5) is 15.3. The highest BCUT2D eigenvalue weighted by atomic mass is 19.1. The first-order valence-electron chi connectivity index (χ1n) is 5.38. The highest BCUT2D eigenvalue weighted by Crippen LogP contribution is 2.23. The fourth-order valence-corrected chi connectivity index (χ4v) is 1.78. The third-order valence-electron chi connectivity index (χ3n) is 2.75. The second-order valence-electron chi connectivity index (χ2n) is 4.01. The summed E-state index contributed by atoms with van der Waals surface area (Å²) in [6, 6.07) is 4.78. The number of benzene rings is 1. The predicted molar refractivity (Wildman–Crippen MR) is 66.2 cm³/mol. The van der Waals surface area contributed by atoms with Crippen molar-refractivity contribution < 1.29 is 4.39 Å². The van der Waals surface area contributed by atoms with Gasteiger partial charge < -0.3 is 10.7 Å². The molecule has 2 aromatic heterocycles. The van der Waals surface area contributed by atoms with Gasteiger partial charge in [-0.25, -0.2) is 19.3 Å². The van der Waals surface area contributed by atoms with Gasteiger partial charge in [-0.05, 0) is 30.7 Å². The number of hydrogen-bond acceptors (Lipinski definition) is 4. The average Bonchev–Trinajstić information content (AvgIpc) is 2.78. The molecule has 0 amide bonds. The number of rotatable bonds is 1. The molecule has 0 spiro atoms. The summed E-state index contributed by atoms with van der Waals surface area (Å²) in [5, 5.41) is 0. The lowest BCUT2D eigenvalue weighted by molar-refractivity contribution is 0.618. The zero-order valence-corrected chi connectivity index (χ0v) is 9.61. The number of nitrogen functional groups attached to an aromatic ring is 1. The van der Waals surface area contributed by atoms with E-state index in [2.05, 4.69) is 19.9 Å². The van der Waals surface area contributed by atoms with Crippen LogP contribution in [0.5, 0.6) is 0 Å². The number of imidazole rings is 1. The van der Waals surface area contributed by atoms with Crippen molar-refractivity contribution in [2.24, 2.45) is 0 Å². The molecule has 0 unspecified atom stereocenters. The Morgan fingerprint density at radius 2 is 2.11 bits per heavy atom. The molecule has 0 saturated carbocycles. The molecule has 18 heavy (non-hydrogen) atoms. The summed E-state index contributed by atoms with van der Waals surface area (Å²) >= 11 is 0. The van der Waals surface area contributed by atoms with Gasteiger partial charge in [0.05, 0.1) is 0 Å². The largest absolute Gasteiger partial charge is 0.382 e. The van der Waals surface area contributed by atoms with Gasteiger partial charge in [0.25, 0.3) is 0 Å². The van der Waals surface area contributed by atoms with Crippen LogP contribution >= 0.6 is 0 Å². The number of nitrogens with one attached hydrogen (secondary N) is 1. The summed E-state index contributed by atoms with van der Waals surface area (Å²) in [6.45, 7) is 1.70. The fraction of sp³-hybridized carbons (Fsp3) is 0.0833. The molecule has 0 fully saturated rings. The zero-order chi connectivity index (χ0) is 12.7. The van der Waals surface area contributed by atoms with Crippen LogP contribution in [0.1, 0.15) is 5.56 Å². The molecule has 0 aliphatic rings. The van der Waals surface area contributed by atoms with E-state index in [0.717, 1.165) is 5.56 Å². The van der Waals surface area contributed by atoms with Crippen LogP contribution in [0.15, 0.2) is 24.5 Å². The van der Waals surface area contributed by atoms with Crippen LogP contribution in [0.2, 0.25) is 0 Å². The molecule has 2 heterocycles. The molecule has 0 atom stereocenters. The van der Waals surface area contributed by atoms with Gasteiger partial charge in [-0.3, -0.25) is 0 Å². The fourth-order valence-electron chi connectivity index (χ4n) is 1.78. The SMILES string of the molecule is Cc1cc(-c2nc3ncnc(N)c3[nH]2)ccc1F. The van der Waals surface area contributed by atoms with E-state index in [1.807, 2.05) is 0 Å². The van der Waals surface area contributed by atoms with Gasteiger partial charge in [0.2, 0.25) is 0 Å². The predicted octanol–water partition coefficient (Wildman–Crippen LogP) is 2.05. The first-order chi connectivity index (χ1) is 8.65. The standard InChI is InChI=1S/C12H10FN5/c1-6-4-7(2-3-8(6)13)11-17-9-10(14)15-5-16-12(9)18-11/h2-5H,1H3,(H3,14,15,16,17,18). The van der Waals surface area contributed by atoms with E-state index in [1.165, 1.54) is 12.4 Å². The van der Waals surface area contributed by atoms with E-state index >= 15 is 0 Å². The molecular weight excluding hydrogens is 233 g/mol. The van der Waals surface area contributed by atoms with E-state index in [-0.39, 0.29) is 5.82 Å². The van der Waals surface area contributed by atoms with Crippen molar-refractivity contribution in [3.63, 3.8) is 0 Å². The Morgan fingerprint density at radius 3 is 2.83 bits per heavy atom. The van der Waals surface area contributed by atoms with Crippen molar-refractivity contribution in [3.8, 4) is 11.4 Å². The molecule has 3 N–H and O–H groups in total. The summed E-state index contributed by atoms with van der Waals surface area (Å²) in [6.07, 6.45) is 1.36. The van der Waals surface area contributed by atoms with Crippen LogP contribution in [-0.2, 0) is 0 Å². The van der Waals surface area contributed by atoms with Crippen LogP contribution in [-0.4, -0.2) is 19.9 Å². The van der Waals surface area contributed by atoms with E-state index in [1.54, 1.807) is 19.1 Å². The van der Waals surface area contributed by atoms with Gasteiger partial charge in [-0.1, -0.05) is 0 Å². The first kappa shape index (κ1) is 10.6. The number of nitrogens with zero attached hydrogens (tertiary/aromatic N) is 3. The van der Waals surface area contributed by atoms with Gasteiger partial charge >= 0.3 is 0 Å². The van der Waals surface area contributed by atoms with E-state index in [0.29, 0.717) is 28.4 Å².